The molecule has 1 N–H and O–H groups in total. The van der Waals surface area contributed by atoms with Crippen LogP contribution < -0.4 is 10.2 Å². The monoisotopic (exact) mass is 300 g/mol. The van der Waals surface area contributed by atoms with Gasteiger partial charge in [-0.25, -0.2) is 0 Å². The first-order valence-electron chi connectivity index (χ1n) is 6.44. The van der Waals surface area contributed by atoms with E-state index in [0.717, 1.165) is 11.8 Å². The van der Waals surface area contributed by atoms with Gasteiger partial charge in [0, 0.05) is 18.7 Å². The maximum atomic E-state index is 12.5. The number of benzene rings is 1. The minimum absolute atomic E-state index is 0.0511. The van der Waals surface area contributed by atoms with Crippen molar-refractivity contribution in [1.82, 2.24) is 5.32 Å². The highest BCUT2D eigenvalue weighted by Crippen LogP contribution is 2.32. The first kappa shape index (κ1) is 15.2. The molecule has 0 aromatic heterocycles. The Morgan fingerprint density at radius 2 is 2.00 bits per heavy atom. The molecule has 0 unspecified atom stereocenters. The summed E-state index contributed by atoms with van der Waals surface area (Å²) in [5, 5.41) is 2.73. The third-order valence-electron chi connectivity index (χ3n) is 2.99. The van der Waals surface area contributed by atoms with Crippen molar-refractivity contribution in [2.75, 3.05) is 11.6 Å². The number of nitrogens with zero attached hydrogens (tertiary/aromatic N) is 1. The second-order valence-electron chi connectivity index (χ2n) is 4.53. The van der Waals surface area contributed by atoms with Crippen molar-refractivity contribution in [3.8, 4) is 0 Å². The van der Waals surface area contributed by atoms with Crippen LogP contribution in [0.25, 0.3) is 0 Å². The molecule has 1 amide bonds. The van der Waals surface area contributed by atoms with Crippen molar-refractivity contribution in [2.45, 2.75) is 26.1 Å². The summed E-state index contributed by atoms with van der Waals surface area (Å²) in [4.78, 5) is 12.5. The van der Waals surface area contributed by atoms with Crippen molar-refractivity contribution in [2.24, 2.45) is 0 Å². The zero-order valence-electron chi connectivity index (χ0n) is 11.4. The number of halogens is 3. The number of amides is 1. The number of ether oxygens (including phenoxy) is 1. The predicted octanol–water partition coefficient (Wildman–Crippen LogP) is 2.91. The van der Waals surface area contributed by atoms with Crippen LogP contribution in [0.4, 0.5) is 18.9 Å². The van der Waals surface area contributed by atoms with E-state index in [-0.39, 0.29) is 12.6 Å². The lowest BCUT2D eigenvalue weighted by atomic mass is 10.2. The van der Waals surface area contributed by atoms with E-state index >= 15 is 0 Å². The first-order valence-corrected chi connectivity index (χ1v) is 6.44. The molecule has 1 aromatic rings. The lowest BCUT2D eigenvalue weighted by Gasteiger charge is -2.14. The van der Waals surface area contributed by atoms with Gasteiger partial charge in [0.2, 0.25) is 11.7 Å². The molecule has 114 valence electrons. The van der Waals surface area contributed by atoms with E-state index in [2.05, 4.69) is 10.1 Å². The topological polar surface area (TPSA) is 41.6 Å². The summed E-state index contributed by atoms with van der Waals surface area (Å²) < 4.78 is 42.0. The van der Waals surface area contributed by atoms with Crippen LogP contribution in [0.2, 0.25) is 0 Å². The number of hydrogen-bond donors (Lipinski definition) is 1. The van der Waals surface area contributed by atoms with E-state index < -0.39 is 11.9 Å². The van der Waals surface area contributed by atoms with Gasteiger partial charge in [0.1, 0.15) is 0 Å². The molecule has 0 aliphatic carbocycles. The summed E-state index contributed by atoms with van der Waals surface area (Å²) in [6, 6.07) is 6.88. The van der Waals surface area contributed by atoms with Crippen molar-refractivity contribution in [3.63, 3.8) is 0 Å². The summed E-state index contributed by atoms with van der Waals surface area (Å²) in [7, 11) is 0. The average Bonchev–Trinajstić information content (AvgIpc) is 2.95. The van der Waals surface area contributed by atoms with Gasteiger partial charge in [-0.1, -0.05) is 19.1 Å². The fourth-order valence-corrected chi connectivity index (χ4v) is 1.79. The molecule has 0 atom stereocenters. The second-order valence-corrected chi connectivity index (χ2v) is 4.53. The van der Waals surface area contributed by atoms with E-state index in [9.17, 15) is 18.0 Å². The second kappa shape index (κ2) is 6.07. The SMILES string of the molecule is CCC(=O)NCc1ccc(N2C=C(C(F)(F)F)OC2)cc1. The molecule has 1 heterocycles. The Labute approximate surface area is 120 Å². The van der Waals surface area contributed by atoms with Crippen LogP contribution in [0.3, 0.4) is 0 Å². The van der Waals surface area contributed by atoms with Gasteiger partial charge in [-0.05, 0) is 17.7 Å². The van der Waals surface area contributed by atoms with Crippen LogP contribution in [-0.4, -0.2) is 18.8 Å². The van der Waals surface area contributed by atoms with Gasteiger partial charge >= 0.3 is 6.18 Å². The third kappa shape index (κ3) is 3.90. The van der Waals surface area contributed by atoms with E-state index in [1.165, 1.54) is 4.90 Å². The molecular weight excluding hydrogens is 285 g/mol. The minimum Gasteiger partial charge on any atom is -0.466 e. The molecule has 1 aliphatic rings. The fourth-order valence-electron chi connectivity index (χ4n) is 1.79. The van der Waals surface area contributed by atoms with E-state index in [1.54, 1.807) is 31.2 Å². The molecule has 1 aromatic carbocycles. The molecule has 0 bridgehead atoms. The smallest absolute Gasteiger partial charge is 0.450 e. The molecule has 0 saturated heterocycles. The zero-order chi connectivity index (χ0) is 15.5. The van der Waals surface area contributed by atoms with Gasteiger partial charge in [0.15, 0.2) is 6.73 Å². The number of nitrogens with one attached hydrogen (secondary N) is 1. The lowest BCUT2D eigenvalue weighted by Crippen LogP contribution is -2.21. The largest absolute Gasteiger partial charge is 0.466 e. The molecule has 7 heteroatoms. The minimum atomic E-state index is -4.47. The van der Waals surface area contributed by atoms with Crippen molar-refractivity contribution in [3.05, 3.63) is 41.8 Å². The summed E-state index contributed by atoms with van der Waals surface area (Å²) in [6.07, 6.45) is -3.12. The molecule has 1 aliphatic heterocycles. The Hall–Kier alpha value is -2.18. The quantitative estimate of drug-likeness (QED) is 0.929. The van der Waals surface area contributed by atoms with Crippen LogP contribution in [-0.2, 0) is 16.1 Å². The Kier molecular flexibility index (Phi) is 4.40. The lowest BCUT2D eigenvalue weighted by molar-refractivity contribution is -0.126. The van der Waals surface area contributed by atoms with Crippen molar-refractivity contribution >= 4 is 11.6 Å². The van der Waals surface area contributed by atoms with Gasteiger partial charge in [-0.3, -0.25) is 4.79 Å². The average molecular weight is 300 g/mol. The first-order chi connectivity index (χ1) is 9.90. The number of rotatable bonds is 4. The van der Waals surface area contributed by atoms with Crippen LogP contribution in [0.5, 0.6) is 0 Å². The van der Waals surface area contributed by atoms with Gasteiger partial charge in [0.05, 0.1) is 6.20 Å². The molecule has 0 spiro atoms. The Morgan fingerprint density at radius 3 is 2.52 bits per heavy atom. The molecule has 0 saturated carbocycles. The van der Waals surface area contributed by atoms with Crippen LogP contribution in [0.1, 0.15) is 18.9 Å². The number of allylic oxidation sites excluding steroid dienone is 1. The highest BCUT2D eigenvalue weighted by molar-refractivity contribution is 5.75. The van der Waals surface area contributed by atoms with E-state index in [0.29, 0.717) is 18.7 Å². The number of alkyl halides is 3. The summed E-state index contributed by atoms with van der Waals surface area (Å²) in [5.41, 5.74) is 1.47. The number of hydrogen-bond acceptors (Lipinski definition) is 3. The Morgan fingerprint density at radius 1 is 1.33 bits per heavy atom. The molecular formula is C14H15F3N2O2. The third-order valence-corrected chi connectivity index (χ3v) is 2.99. The summed E-state index contributed by atoms with van der Waals surface area (Å²) in [6.45, 7) is 1.99. The van der Waals surface area contributed by atoms with Crippen LogP contribution in [0, 0.1) is 0 Å². The zero-order valence-corrected chi connectivity index (χ0v) is 11.4. The number of carbonyl (C=O) groups excluding carboxylic acids is 1. The van der Waals surface area contributed by atoms with Gasteiger partial charge < -0.3 is 15.0 Å². The fraction of sp³-hybridized carbons (Fsp3) is 0.357. The summed E-state index contributed by atoms with van der Waals surface area (Å²) in [5.74, 6) is -1.05. The van der Waals surface area contributed by atoms with Crippen LogP contribution >= 0.6 is 0 Å². The van der Waals surface area contributed by atoms with E-state index in [4.69, 9.17) is 0 Å². The standard InChI is InChI=1S/C14H15F3N2O2/c1-2-13(20)18-7-10-3-5-11(6-4-10)19-8-12(21-9-19)14(15,16)17/h3-6,8H,2,7,9H2,1H3,(H,18,20). The van der Waals surface area contributed by atoms with Crippen LogP contribution in [0.15, 0.2) is 36.2 Å². The summed E-state index contributed by atoms with van der Waals surface area (Å²) >= 11 is 0. The highest BCUT2D eigenvalue weighted by Gasteiger charge is 2.39. The maximum absolute atomic E-state index is 12.5. The van der Waals surface area contributed by atoms with Gasteiger partial charge in [0.25, 0.3) is 0 Å². The molecule has 0 fully saturated rings. The molecule has 0 radical (unpaired) electrons. The Bertz CT molecular complexity index is 538. The van der Waals surface area contributed by atoms with E-state index in [1.807, 2.05) is 0 Å². The van der Waals surface area contributed by atoms with Gasteiger partial charge in [-0.2, -0.15) is 13.2 Å². The molecule has 2 rings (SSSR count). The highest BCUT2D eigenvalue weighted by atomic mass is 19.4. The van der Waals surface area contributed by atoms with Crippen molar-refractivity contribution < 1.29 is 22.7 Å². The maximum Gasteiger partial charge on any atom is 0.450 e. The Balaban J connectivity index is 2.00. The number of anilines is 1. The molecule has 4 nitrogen and oxygen atoms in total. The predicted molar refractivity (Wildman–Crippen MR) is 71.1 cm³/mol. The van der Waals surface area contributed by atoms with Gasteiger partial charge in [-0.15, -0.1) is 0 Å². The molecule has 21 heavy (non-hydrogen) atoms. The number of carbonyl (C=O) groups is 1. The normalized spacial score (nSPS) is 14.7. The van der Waals surface area contributed by atoms with Crippen molar-refractivity contribution in [1.29, 1.82) is 0 Å².